The zero-order valence-electron chi connectivity index (χ0n) is 4.40. The lowest BCUT2D eigenvalue weighted by molar-refractivity contribution is 0.668. The number of halogens is 1. The third-order valence-corrected chi connectivity index (χ3v) is 6.40. The molecular formula is C2H10ClNSi2. The number of hydrogen-bond acceptors (Lipinski definition) is 1. The summed E-state index contributed by atoms with van der Waals surface area (Å²) in [6.45, 7) is 0. The second-order valence-corrected chi connectivity index (χ2v) is 11.1. The Labute approximate surface area is 47.9 Å². The second-order valence-electron chi connectivity index (χ2n) is 1.54. The van der Waals surface area contributed by atoms with Crippen molar-refractivity contribution in [1.82, 2.24) is 4.57 Å². The molecule has 0 aromatic rings. The third kappa shape index (κ3) is 2.90. The normalized spacial score (nSPS) is 16.0. The van der Waals surface area contributed by atoms with E-state index in [-0.39, 0.29) is 0 Å². The molecule has 6 heavy (non-hydrogen) atoms. The summed E-state index contributed by atoms with van der Waals surface area (Å²) in [6, 6.07) is 0. The average Bonchev–Trinajstić information content (AvgIpc) is 1.36. The molecule has 0 fully saturated rings. The molecule has 0 bridgehead atoms. The minimum Gasteiger partial charge on any atom is -0.322 e. The second kappa shape index (κ2) is 2.79. The quantitative estimate of drug-likeness (QED) is 0.329. The highest BCUT2D eigenvalue weighted by Gasteiger charge is 1.96. The van der Waals surface area contributed by atoms with Crippen molar-refractivity contribution < 1.29 is 0 Å². The highest BCUT2D eigenvalue weighted by Crippen LogP contribution is 1.82. The van der Waals surface area contributed by atoms with Crippen molar-refractivity contribution in [1.29, 1.82) is 0 Å². The Hall–Kier alpha value is 0.684. The Morgan fingerprint density at radius 1 is 1.67 bits per heavy atom. The minimum atomic E-state index is -0.799. The lowest BCUT2D eigenvalue weighted by atomic mass is 11.3. The van der Waals surface area contributed by atoms with Crippen LogP contribution >= 0.6 is 11.1 Å². The highest BCUT2D eigenvalue weighted by molar-refractivity contribution is 7.30. The van der Waals surface area contributed by atoms with Crippen molar-refractivity contribution in [2.24, 2.45) is 0 Å². The molecule has 0 aliphatic rings. The van der Waals surface area contributed by atoms with Crippen molar-refractivity contribution >= 4 is 28.6 Å². The van der Waals surface area contributed by atoms with E-state index in [9.17, 15) is 0 Å². The molecule has 0 saturated carbocycles. The maximum absolute atomic E-state index is 5.74. The van der Waals surface area contributed by atoms with Crippen LogP contribution in [-0.4, -0.2) is 36.2 Å². The summed E-state index contributed by atoms with van der Waals surface area (Å²) in [4.78, 5) is 0. The molecule has 1 unspecified atom stereocenters. The molecule has 0 aliphatic carbocycles. The van der Waals surface area contributed by atoms with Crippen molar-refractivity contribution in [3.05, 3.63) is 0 Å². The molecule has 1 atom stereocenters. The first-order valence-corrected chi connectivity index (χ1v) is 8.83. The summed E-state index contributed by atoms with van der Waals surface area (Å²) < 4.78 is 2.13. The molecule has 1 nitrogen and oxygen atoms in total. The van der Waals surface area contributed by atoms with E-state index in [4.69, 9.17) is 11.1 Å². The summed E-state index contributed by atoms with van der Waals surface area (Å²) >= 11 is 5.74. The summed E-state index contributed by atoms with van der Waals surface area (Å²) in [6.07, 6.45) is 0. The number of nitrogens with zero attached hydrogens (tertiary/aromatic N) is 1. The van der Waals surface area contributed by atoms with Crippen LogP contribution in [0.1, 0.15) is 0 Å². The van der Waals surface area contributed by atoms with E-state index >= 15 is 0 Å². The van der Waals surface area contributed by atoms with E-state index in [0.29, 0.717) is 0 Å². The molecule has 0 aromatic heterocycles. The fourth-order valence-corrected chi connectivity index (χ4v) is 0. The predicted molar refractivity (Wildman–Crippen MR) is 36.6 cm³/mol. The third-order valence-electron chi connectivity index (χ3n) is 0.712. The first kappa shape index (κ1) is 6.68. The summed E-state index contributed by atoms with van der Waals surface area (Å²) in [5, 5.41) is 0. The maximum atomic E-state index is 5.74. The molecule has 0 rings (SSSR count). The maximum Gasteiger partial charge on any atom is 0.189 e. The Kier molecular flexibility index (Phi) is 3.11. The van der Waals surface area contributed by atoms with Crippen LogP contribution in [0, 0.1) is 0 Å². The van der Waals surface area contributed by atoms with Gasteiger partial charge in [-0.1, -0.05) is 0 Å². The van der Waals surface area contributed by atoms with Gasteiger partial charge in [-0.25, -0.2) is 0 Å². The summed E-state index contributed by atoms with van der Waals surface area (Å²) in [7, 11) is 4.46. The summed E-state index contributed by atoms with van der Waals surface area (Å²) in [5.74, 6) is 0. The van der Waals surface area contributed by atoms with Crippen LogP contribution in [0.4, 0.5) is 0 Å². The predicted octanol–water partition coefficient (Wildman–Crippen LogP) is -1.13. The first-order valence-electron chi connectivity index (χ1n) is 1.95. The largest absolute Gasteiger partial charge is 0.322 e. The van der Waals surface area contributed by atoms with Gasteiger partial charge in [0.1, 0.15) is 0 Å². The van der Waals surface area contributed by atoms with Crippen LogP contribution in [0.25, 0.3) is 0 Å². The van der Waals surface area contributed by atoms with Gasteiger partial charge >= 0.3 is 0 Å². The molecule has 38 valence electrons. The van der Waals surface area contributed by atoms with Gasteiger partial charge < -0.3 is 4.57 Å². The van der Waals surface area contributed by atoms with Crippen LogP contribution in [0.5, 0.6) is 0 Å². The van der Waals surface area contributed by atoms with Crippen LogP contribution in [-0.2, 0) is 0 Å². The lowest BCUT2D eigenvalue weighted by Crippen LogP contribution is -2.27. The van der Waals surface area contributed by atoms with E-state index in [1.54, 1.807) is 0 Å². The van der Waals surface area contributed by atoms with E-state index in [2.05, 4.69) is 4.57 Å². The SMILES string of the molecule is CN(C)[SiH]([SiH3])Cl. The Bertz CT molecular complexity index is 32.5. The highest BCUT2D eigenvalue weighted by atomic mass is 35.6. The van der Waals surface area contributed by atoms with Crippen molar-refractivity contribution in [3.8, 4) is 0 Å². The monoisotopic (exact) mass is 139 g/mol. The van der Waals surface area contributed by atoms with Gasteiger partial charge in [0.2, 0.25) is 0 Å². The zero-order valence-corrected chi connectivity index (χ0v) is 8.31. The topological polar surface area (TPSA) is 3.24 Å². The Balaban J connectivity index is 2.99. The van der Waals surface area contributed by atoms with Crippen LogP contribution in [0.2, 0.25) is 0 Å². The molecule has 0 aromatic carbocycles. The summed E-state index contributed by atoms with van der Waals surface area (Å²) in [5.41, 5.74) is 0. The van der Waals surface area contributed by atoms with Gasteiger partial charge in [-0.3, -0.25) is 0 Å². The van der Waals surface area contributed by atoms with Gasteiger partial charge in [0, 0.05) is 9.76 Å². The Morgan fingerprint density at radius 2 is 1.83 bits per heavy atom. The van der Waals surface area contributed by atoms with E-state index < -0.39 is 7.79 Å². The van der Waals surface area contributed by atoms with Gasteiger partial charge in [-0.15, -0.1) is 0 Å². The van der Waals surface area contributed by atoms with Gasteiger partial charge in [0.15, 0.2) is 7.79 Å². The molecule has 0 aliphatic heterocycles. The Morgan fingerprint density at radius 3 is 1.83 bits per heavy atom. The van der Waals surface area contributed by atoms with Crippen LogP contribution in [0.3, 0.4) is 0 Å². The van der Waals surface area contributed by atoms with Gasteiger partial charge in [-0.05, 0) is 14.1 Å². The van der Waals surface area contributed by atoms with E-state index in [1.807, 2.05) is 14.1 Å². The molecule has 4 heteroatoms. The fraction of sp³-hybridized carbons (Fsp3) is 1.00. The van der Waals surface area contributed by atoms with E-state index in [1.165, 1.54) is 9.76 Å². The molecule has 0 N–H and O–H groups in total. The molecule has 0 spiro atoms. The van der Waals surface area contributed by atoms with Gasteiger partial charge in [-0.2, -0.15) is 11.1 Å². The van der Waals surface area contributed by atoms with Crippen LogP contribution < -0.4 is 0 Å². The molecule has 0 amide bonds. The lowest BCUT2D eigenvalue weighted by Gasteiger charge is -2.08. The number of hydrogen-bond donors (Lipinski definition) is 0. The fourth-order valence-electron chi connectivity index (χ4n) is 0. The van der Waals surface area contributed by atoms with E-state index in [0.717, 1.165) is 0 Å². The van der Waals surface area contributed by atoms with Crippen molar-refractivity contribution in [3.63, 3.8) is 0 Å². The first-order chi connectivity index (χ1) is 2.64. The minimum absolute atomic E-state index is 0.799. The molecule has 0 radical (unpaired) electrons. The smallest absolute Gasteiger partial charge is 0.189 e. The van der Waals surface area contributed by atoms with Crippen molar-refractivity contribution in [2.75, 3.05) is 14.1 Å². The van der Waals surface area contributed by atoms with Crippen molar-refractivity contribution in [2.45, 2.75) is 0 Å². The standard InChI is InChI=1S/C2H10ClNSi2/c1-4(2)6(3)5/h6H,1-2,5H3. The zero-order chi connectivity index (χ0) is 5.15. The molecule has 0 heterocycles. The molecule has 0 saturated heterocycles. The average molecular weight is 140 g/mol. The van der Waals surface area contributed by atoms with Gasteiger partial charge in [0.25, 0.3) is 0 Å². The van der Waals surface area contributed by atoms with Crippen LogP contribution in [0.15, 0.2) is 0 Å². The number of rotatable bonds is 1. The van der Waals surface area contributed by atoms with Gasteiger partial charge in [0.05, 0.1) is 0 Å². The molecular weight excluding hydrogens is 130 g/mol.